The van der Waals surface area contributed by atoms with Gasteiger partial charge in [0.25, 0.3) is 0 Å². The molecule has 0 atom stereocenters. The van der Waals surface area contributed by atoms with Gasteiger partial charge in [0.1, 0.15) is 0 Å². The van der Waals surface area contributed by atoms with E-state index >= 15 is 0 Å². The molecular weight excluding hydrogens is 172 g/mol. The van der Waals surface area contributed by atoms with Crippen LogP contribution in [0.15, 0.2) is 30.6 Å². The van der Waals surface area contributed by atoms with Crippen molar-refractivity contribution in [2.75, 3.05) is 0 Å². The Bertz CT molecular complexity index is 441. The fourth-order valence-electron chi connectivity index (χ4n) is 1.64. The summed E-state index contributed by atoms with van der Waals surface area (Å²) in [6.45, 7) is 4.98. The summed E-state index contributed by atoms with van der Waals surface area (Å²) >= 11 is 0. The molecule has 0 unspecified atom stereocenters. The number of fused-ring (bicyclic) bond motifs is 1. The molecule has 0 aliphatic heterocycles. The van der Waals surface area contributed by atoms with Gasteiger partial charge < -0.3 is 10.3 Å². The average molecular weight is 188 g/mol. The van der Waals surface area contributed by atoms with E-state index in [9.17, 15) is 0 Å². The molecule has 2 heteroatoms. The normalized spacial score (nSPS) is 11.4. The lowest BCUT2D eigenvalue weighted by Gasteiger charge is -2.04. The van der Waals surface area contributed by atoms with Crippen molar-refractivity contribution in [1.82, 2.24) is 4.57 Å². The minimum absolute atomic E-state index is 0.517. The van der Waals surface area contributed by atoms with Crippen LogP contribution in [0.1, 0.15) is 25.5 Å². The second kappa shape index (κ2) is 3.46. The summed E-state index contributed by atoms with van der Waals surface area (Å²) in [4.78, 5) is 0. The van der Waals surface area contributed by atoms with Crippen molar-refractivity contribution < 1.29 is 0 Å². The largest absolute Gasteiger partial charge is 0.351 e. The van der Waals surface area contributed by atoms with Crippen LogP contribution in [-0.4, -0.2) is 4.57 Å². The number of hydrogen-bond donors (Lipinski definition) is 1. The van der Waals surface area contributed by atoms with Crippen LogP contribution in [0.25, 0.3) is 10.8 Å². The van der Waals surface area contributed by atoms with Gasteiger partial charge in [0.15, 0.2) is 0 Å². The maximum atomic E-state index is 5.60. The van der Waals surface area contributed by atoms with Gasteiger partial charge in [-0.25, -0.2) is 0 Å². The third-order valence-electron chi connectivity index (χ3n) is 2.56. The first kappa shape index (κ1) is 9.28. The molecule has 2 nitrogen and oxygen atoms in total. The minimum atomic E-state index is 0.517. The predicted octanol–water partition coefficient (Wildman–Crippen LogP) is 2.68. The molecular formula is C12H16N2. The lowest BCUT2D eigenvalue weighted by molar-refractivity contribution is 0.606. The summed E-state index contributed by atoms with van der Waals surface area (Å²) in [5.41, 5.74) is 6.79. The van der Waals surface area contributed by atoms with Crippen molar-refractivity contribution in [3.8, 4) is 0 Å². The van der Waals surface area contributed by atoms with Crippen LogP contribution in [0.4, 0.5) is 0 Å². The quantitative estimate of drug-likeness (QED) is 0.771. The molecule has 2 rings (SSSR count). The second-order valence-corrected chi connectivity index (χ2v) is 3.97. The fourth-order valence-corrected chi connectivity index (χ4v) is 1.64. The van der Waals surface area contributed by atoms with E-state index in [1.807, 2.05) is 0 Å². The summed E-state index contributed by atoms with van der Waals surface area (Å²) in [6.07, 6.45) is 4.36. The van der Waals surface area contributed by atoms with Crippen LogP contribution in [-0.2, 0) is 6.54 Å². The highest BCUT2D eigenvalue weighted by Crippen LogP contribution is 2.19. The van der Waals surface area contributed by atoms with Gasteiger partial charge in [-0.05, 0) is 36.2 Å². The molecule has 0 saturated heterocycles. The SMILES string of the molecule is CC(C)n1cc2ccc(CN)cc2c1. The van der Waals surface area contributed by atoms with Gasteiger partial charge in [0, 0.05) is 25.0 Å². The van der Waals surface area contributed by atoms with Crippen LogP contribution in [0.5, 0.6) is 0 Å². The van der Waals surface area contributed by atoms with Crippen LogP contribution in [0.3, 0.4) is 0 Å². The highest BCUT2D eigenvalue weighted by molar-refractivity contribution is 5.83. The second-order valence-electron chi connectivity index (χ2n) is 3.97. The van der Waals surface area contributed by atoms with E-state index in [0.717, 1.165) is 0 Å². The Labute approximate surface area is 84.3 Å². The van der Waals surface area contributed by atoms with E-state index in [0.29, 0.717) is 12.6 Å². The third kappa shape index (κ3) is 1.53. The summed E-state index contributed by atoms with van der Waals surface area (Å²) in [5, 5.41) is 2.57. The van der Waals surface area contributed by atoms with Crippen LogP contribution in [0.2, 0.25) is 0 Å². The topological polar surface area (TPSA) is 30.9 Å². The van der Waals surface area contributed by atoms with Crippen molar-refractivity contribution in [3.63, 3.8) is 0 Å². The fraction of sp³-hybridized carbons (Fsp3) is 0.333. The molecule has 0 aliphatic rings. The molecule has 1 heterocycles. The molecule has 2 aromatic rings. The maximum absolute atomic E-state index is 5.60. The Morgan fingerprint density at radius 1 is 1.21 bits per heavy atom. The minimum Gasteiger partial charge on any atom is -0.351 e. The van der Waals surface area contributed by atoms with E-state index in [1.54, 1.807) is 0 Å². The zero-order valence-electron chi connectivity index (χ0n) is 8.70. The molecule has 74 valence electrons. The van der Waals surface area contributed by atoms with Crippen molar-refractivity contribution in [1.29, 1.82) is 0 Å². The molecule has 0 radical (unpaired) electrons. The van der Waals surface area contributed by atoms with Gasteiger partial charge in [-0.1, -0.05) is 12.1 Å². The number of benzene rings is 1. The summed E-state index contributed by atoms with van der Waals surface area (Å²) in [5.74, 6) is 0. The van der Waals surface area contributed by atoms with Crippen molar-refractivity contribution >= 4 is 10.8 Å². The number of rotatable bonds is 2. The first-order valence-corrected chi connectivity index (χ1v) is 5.01. The summed E-state index contributed by atoms with van der Waals surface area (Å²) < 4.78 is 2.23. The molecule has 14 heavy (non-hydrogen) atoms. The molecule has 0 bridgehead atoms. The number of aromatic nitrogens is 1. The molecule has 0 amide bonds. The smallest absolute Gasteiger partial charge is 0.0274 e. The molecule has 0 fully saturated rings. The zero-order chi connectivity index (χ0) is 10.1. The van der Waals surface area contributed by atoms with Crippen LogP contribution in [0, 0.1) is 0 Å². The van der Waals surface area contributed by atoms with Crippen molar-refractivity contribution in [2.24, 2.45) is 5.73 Å². The van der Waals surface area contributed by atoms with Crippen molar-refractivity contribution in [3.05, 3.63) is 36.2 Å². The molecule has 0 saturated carbocycles. The number of nitrogens with two attached hydrogens (primary N) is 1. The zero-order valence-corrected chi connectivity index (χ0v) is 8.70. The van der Waals surface area contributed by atoms with Crippen molar-refractivity contribution in [2.45, 2.75) is 26.4 Å². The van der Waals surface area contributed by atoms with Gasteiger partial charge >= 0.3 is 0 Å². The Morgan fingerprint density at radius 3 is 2.57 bits per heavy atom. The van der Waals surface area contributed by atoms with E-state index in [2.05, 4.69) is 49.0 Å². The number of nitrogens with zero attached hydrogens (tertiary/aromatic N) is 1. The van der Waals surface area contributed by atoms with Gasteiger partial charge in [-0.15, -0.1) is 0 Å². The third-order valence-corrected chi connectivity index (χ3v) is 2.56. The first-order valence-electron chi connectivity index (χ1n) is 5.01. The van der Waals surface area contributed by atoms with Gasteiger partial charge in [0.2, 0.25) is 0 Å². The highest BCUT2D eigenvalue weighted by Gasteiger charge is 2.01. The lowest BCUT2D eigenvalue weighted by atomic mass is 10.1. The van der Waals surface area contributed by atoms with Gasteiger partial charge in [-0.2, -0.15) is 0 Å². The molecule has 2 N–H and O–H groups in total. The standard InChI is InChI=1S/C12H16N2/c1-9(2)14-7-11-4-3-10(6-13)5-12(11)8-14/h3-5,7-9H,6,13H2,1-2H3. The molecule has 1 aromatic heterocycles. The van der Waals surface area contributed by atoms with E-state index in [1.165, 1.54) is 16.3 Å². The Balaban J connectivity index is 2.54. The Kier molecular flexibility index (Phi) is 2.30. The lowest BCUT2D eigenvalue weighted by Crippen LogP contribution is -1.95. The predicted molar refractivity (Wildman–Crippen MR) is 60.2 cm³/mol. The first-order chi connectivity index (χ1) is 6.70. The maximum Gasteiger partial charge on any atom is 0.0274 e. The summed E-state index contributed by atoms with van der Waals surface area (Å²) in [7, 11) is 0. The number of hydrogen-bond acceptors (Lipinski definition) is 1. The highest BCUT2D eigenvalue weighted by atomic mass is 15.0. The Hall–Kier alpha value is -1.28. The molecule has 0 aliphatic carbocycles. The summed E-state index contributed by atoms with van der Waals surface area (Å²) in [6, 6.07) is 6.90. The Morgan fingerprint density at radius 2 is 1.93 bits per heavy atom. The molecule has 0 spiro atoms. The van der Waals surface area contributed by atoms with E-state index in [-0.39, 0.29) is 0 Å². The van der Waals surface area contributed by atoms with Crippen LogP contribution < -0.4 is 5.73 Å². The molecule has 1 aromatic carbocycles. The van der Waals surface area contributed by atoms with E-state index in [4.69, 9.17) is 5.73 Å². The monoisotopic (exact) mass is 188 g/mol. The van der Waals surface area contributed by atoms with Crippen LogP contribution >= 0.6 is 0 Å². The van der Waals surface area contributed by atoms with Gasteiger partial charge in [0.05, 0.1) is 0 Å². The van der Waals surface area contributed by atoms with Gasteiger partial charge in [-0.3, -0.25) is 0 Å². The average Bonchev–Trinajstić information content (AvgIpc) is 2.59. The van der Waals surface area contributed by atoms with E-state index < -0.39 is 0 Å².